The van der Waals surface area contributed by atoms with Crippen molar-refractivity contribution in [1.82, 2.24) is 14.7 Å². The molecule has 0 saturated carbocycles. The summed E-state index contributed by atoms with van der Waals surface area (Å²) in [5.74, 6) is -0.285. The van der Waals surface area contributed by atoms with Gasteiger partial charge >= 0.3 is 0 Å². The molecule has 1 amide bonds. The third kappa shape index (κ3) is 5.86. The van der Waals surface area contributed by atoms with E-state index in [1.54, 1.807) is 25.1 Å². The van der Waals surface area contributed by atoms with E-state index in [2.05, 4.69) is 21.6 Å². The Bertz CT molecular complexity index is 1560. The highest BCUT2D eigenvalue weighted by Crippen LogP contribution is 2.32. The van der Waals surface area contributed by atoms with Crippen LogP contribution < -0.4 is 9.46 Å². The largest absolute Gasteiger partial charge is 0.438 e. The van der Waals surface area contributed by atoms with Crippen LogP contribution in [0.2, 0.25) is 0 Å². The van der Waals surface area contributed by atoms with E-state index in [0.717, 1.165) is 28.7 Å². The molecule has 0 fully saturated rings. The zero-order valence-corrected chi connectivity index (χ0v) is 22.3. The zero-order chi connectivity index (χ0) is 26.7. The molecule has 0 spiro atoms. The first-order valence-electron chi connectivity index (χ1n) is 11.9. The van der Waals surface area contributed by atoms with Crippen molar-refractivity contribution in [1.29, 1.82) is 0 Å². The molecule has 4 rings (SSSR count). The summed E-state index contributed by atoms with van der Waals surface area (Å²) in [4.78, 5) is 21.9. The summed E-state index contributed by atoms with van der Waals surface area (Å²) in [6, 6.07) is 19.7. The maximum Gasteiger partial charge on any atom is 0.281 e. The number of aromatic nitrogens is 2. The summed E-state index contributed by atoms with van der Waals surface area (Å²) in [7, 11) is -4.21. The zero-order valence-electron chi connectivity index (χ0n) is 21.5. The van der Waals surface area contributed by atoms with Crippen molar-refractivity contribution < 1.29 is 17.9 Å². The number of amides is 1. The van der Waals surface area contributed by atoms with E-state index >= 15 is 0 Å². The van der Waals surface area contributed by atoms with E-state index in [9.17, 15) is 13.2 Å². The molecule has 4 aromatic rings. The van der Waals surface area contributed by atoms with E-state index in [-0.39, 0.29) is 16.5 Å². The molecule has 0 atom stereocenters. The van der Waals surface area contributed by atoms with Gasteiger partial charge in [0, 0.05) is 11.3 Å². The number of benzene rings is 2. The van der Waals surface area contributed by atoms with Crippen LogP contribution in [-0.4, -0.2) is 24.3 Å². The molecule has 0 unspecified atom stereocenters. The smallest absolute Gasteiger partial charge is 0.281 e. The molecule has 2 aromatic heterocycles. The fourth-order valence-corrected chi connectivity index (χ4v) is 5.06. The van der Waals surface area contributed by atoms with Gasteiger partial charge in [0.1, 0.15) is 11.3 Å². The van der Waals surface area contributed by atoms with Gasteiger partial charge in [0.05, 0.1) is 5.69 Å². The van der Waals surface area contributed by atoms with Gasteiger partial charge in [0.25, 0.3) is 15.9 Å². The van der Waals surface area contributed by atoms with Crippen LogP contribution in [0.5, 0.6) is 11.6 Å². The van der Waals surface area contributed by atoms with E-state index in [4.69, 9.17) is 4.74 Å². The summed E-state index contributed by atoms with van der Waals surface area (Å²) in [6.45, 7) is 9.58. The Morgan fingerprint density at radius 2 is 1.57 bits per heavy atom. The molecule has 2 aromatic carbocycles. The quantitative estimate of drug-likeness (QED) is 0.331. The Labute approximate surface area is 217 Å². The van der Waals surface area contributed by atoms with Gasteiger partial charge in [0.2, 0.25) is 5.88 Å². The summed E-state index contributed by atoms with van der Waals surface area (Å²) in [6.07, 6.45) is 0.914. The van der Waals surface area contributed by atoms with Crippen molar-refractivity contribution in [2.75, 3.05) is 0 Å². The van der Waals surface area contributed by atoms with E-state index in [1.165, 1.54) is 17.7 Å². The first kappa shape index (κ1) is 26.0. The number of aryl methyl sites for hydroxylation is 5. The average Bonchev–Trinajstić information content (AvgIpc) is 2.86. The minimum atomic E-state index is -4.21. The summed E-state index contributed by atoms with van der Waals surface area (Å²) in [5, 5.41) is -0.242. The minimum Gasteiger partial charge on any atom is -0.438 e. The highest BCUT2D eigenvalue weighted by Gasteiger charge is 2.24. The second-order valence-electron chi connectivity index (χ2n) is 8.98. The molecule has 190 valence electrons. The van der Waals surface area contributed by atoms with E-state index in [1.807, 2.05) is 57.2 Å². The molecule has 37 heavy (non-hydrogen) atoms. The molecule has 0 aliphatic heterocycles. The fourth-order valence-electron chi connectivity index (χ4n) is 4.08. The molecule has 0 aliphatic rings. The van der Waals surface area contributed by atoms with Crippen molar-refractivity contribution in [2.45, 2.75) is 46.1 Å². The number of sulfonamides is 1. The van der Waals surface area contributed by atoms with Gasteiger partial charge < -0.3 is 4.74 Å². The third-order valence-electron chi connectivity index (χ3n) is 5.93. The summed E-state index contributed by atoms with van der Waals surface area (Å²) >= 11 is 0. The number of carbonyl (C=O) groups is 1. The second kappa shape index (κ2) is 10.5. The Hall–Kier alpha value is -4.04. The van der Waals surface area contributed by atoms with Crippen LogP contribution in [0.1, 0.15) is 45.2 Å². The molecular formula is C29H29N3O4S. The number of ether oxygens (including phenoxy) is 1. The van der Waals surface area contributed by atoms with Crippen LogP contribution in [0.15, 0.2) is 71.8 Å². The summed E-state index contributed by atoms with van der Waals surface area (Å²) in [5.41, 5.74) is 5.98. The number of nitrogens with zero attached hydrogens (tertiary/aromatic N) is 2. The molecule has 0 saturated heterocycles. The van der Waals surface area contributed by atoms with E-state index < -0.39 is 15.9 Å². The molecule has 2 heterocycles. The number of carbonyl (C=O) groups excluding carboxylic acids is 1. The van der Waals surface area contributed by atoms with Crippen LogP contribution >= 0.6 is 0 Å². The standard InChI is InChI=1S/C29H29N3O4S/c1-6-22-10-12-23(13-11-22)25-15-14-24(28(33)32-37(34,35)26-9-7-8-21(5)30-26)29(31-25)36-27-19(3)16-18(2)17-20(27)4/h7-17H,6H2,1-5H3,(H,32,33). The van der Waals surface area contributed by atoms with Gasteiger partial charge in [-0.2, -0.15) is 8.42 Å². The van der Waals surface area contributed by atoms with Crippen molar-refractivity contribution in [2.24, 2.45) is 0 Å². The predicted molar refractivity (Wildman–Crippen MR) is 143 cm³/mol. The minimum absolute atomic E-state index is 0.00969. The molecular weight excluding hydrogens is 486 g/mol. The van der Waals surface area contributed by atoms with Gasteiger partial charge in [0.15, 0.2) is 5.03 Å². The van der Waals surface area contributed by atoms with Crippen LogP contribution in [0, 0.1) is 27.7 Å². The third-order valence-corrected chi connectivity index (χ3v) is 7.16. The molecule has 1 N–H and O–H groups in total. The van der Waals surface area contributed by atoms with Crippen LogP contribution in [0.25, 0.3) is 11.3 Å². The Morgan fingerprint density at radius 3 is 2.19 bits per heavy atom. The van der Waals surface area contributed by atoms with Crippen LogP contribution in [0.3, 0.4) is 0 Å². The van der Waals surface area contributed by atoms with Gasteiger partial charge in [-0.3, -0.25) is 4.79 Å². The van der Waals surface area contributed by atoms with Crippen LogP contribution in [-0.2, 0) is 16.4 Å². The lowest BCUT2D eigenvalue weighted by Gasteiger charge is -2.16. The molecule has 8 heteroatoms. The Kier molecular flexibility index (Phi) is 7.40. The van der Waals surface area contributed by atoms with Crippen LogP contribution in [0.4, 0.5) is 0 Å². The number of nitrogens with one attached hydrogen (secondary N) is 1. The maximum atomic E-state index is 13.2. The van der Waals surface area contributed by atoms with Crippen molar-refractivity contribution in [3.05, 3.63) is 100 Å². The number of hydrogen-bond donors (Lipinski definition) is 1. The number of rotatable bonds is 7. The SMILES string of the molecule is CCc1ccc(-c2ccc(C(=O)NS(=O)(=O)c3cccc(C)n3)c(Oc3c(C)cc(C)cc3C)n2)cc1. The predicted octanol–water partition coefficient (Wildman–Crippen LogP) is 5.85. The first-order valence-corrected chi connectivity index (χ1v) is 13.4. The Morgan fingerprint density at radius 1 is 0.892 bits per heavy atom. The second-order valence-corrected chi connectivity index (χ2v) is 10.6. The average molecular weight is 516 g/mol. The lowest BCUT2D eigenvalue weighted by molar-refractivity contribution is 0.0978. The normalized spacial score (nSPS) is 11.3. The van der Waals surface area contributed by atoms with Crippen molar-refractivity contribution in [3.63, 3.8) is 0 Å². The summed E-state index contributed by atoms with van der Waals surface area (Å²) < 4.78 is 34.1. The van der Waals surface area contributed by atoms with Gasteiger partial charge in [-0.15, -0.1) is 0 Å². The van der Waals surface area contributed by atoms with Crippen molar-refractivity contribution in [3.8, 4) is 22.9 Å². The number of pyridine rings is 2. The lowest BCUT2D eigenvalue weighted by Crippen LogP contribution is -2.31. The monoisotopic (exact) mass is 515 g/mol. The molecule has 0 bridgehead atoms. The lowest BCUT2D eigenvalue weighted by atomic mass is 10.1. The first-order chi connectivity index (χ1) is 17.6. The van der Waals surface area contributed by atoms with E-state index in [0.29, 0.717) is 17.1 Å². The molecule has 7 nitrogen and oxygen atoms in total. The molecule has 0 radical (unpaired) electrons. The highest BCUT2D eigenvalue weighted by atomic mass is 32.2. The maximum absolute atomic E-state index is 13.2. The number of hydrogen-bond acceptors (Lipinski definition) is 6. The van der Waals surface area contributed by atoms with Gasteiger partial charge in [-0.05, 0) is 75.1 Å². The van der Waals surface area contributed by atoms with Crippen molar-refractivity contribution >= 4 is 15.9 Å². The topological polar surface area (TPSA) is 98.2 Å². The highest BCUT2D eigenvalue weighted by molar-refractivity contribution is 7.90. The Balaban J connectivity index is 1.77. The van der Waals surface area contributed by atoms with Gasteiger partial charge in [-0.25, -0.2) is 14.7 Å². The fraction of sp³-hybridized carbons (Fsp3) is 0.207. The molecule has 0 aliphatic carbocycles. The van der Waals surface area contributed by atoms with Gasteiger partial charge in [-0.1, -0.05) is 55.0 Å².